The summed E-state index contributed by atoms with van der Waals surface area (Å²) in [7, 11) is 0. The minimum atomic E-state index is -4.60. The topological polar surface area (TPSA) is 101 Å². The van der Waals surface area contributed by atoms with Crippen molar-refractivity contribution in [3.63, 3.8) is 0 Å². The standard InChI is InChI=1S/C16H17Cl2F3N6O/c17-9-1-2-10(18)8(5-9)7-27-4-3-24-13(23)12(27)6-11(22)14-25-15(26-28-14)16(19,20)21/h1-2,5-6,15,24,26H,3-4,7,22-23H2/b11-6-. The molecule has 3 rings (SSSR count). The quantitative estimate of drug-likeness (QED) is 0.577. The number of nitrogens with zero attached hydrogens (tertiary/aromatic N) is 2. The van der Waals surface area contributed by atoms with Gasteiger partial charge in [0.1, 0.15) is 5.82 Å². The van der Waals surface area contributed by atoms with Crippen LogP contribution in [0.25, 0.3) is 0 Å². The molecule has 0 fully saturated rings. The monoisotopic (exact) mass is 436 g/mol. The van der Waals surface area contributed by atoms with Crippen molar-refractivity contribution in [3.8, 4) is 0 Å². The highest BCUT2D eigenvalue weighted by Gasteiger charge is 2.44. The summed E-state index contributed by atoms with van der Waals surface area (Å²) in [5.74, 6) is -0.0554. The zero-order chi connectivity index (χ0) is 20.5. The SMILES string of the molecule is NC1=C(/C=C(\N)C2=NC(C(F)(F)F)NO2)N(Cc2cc(Cl)ccc2Cl)CCN1. The molecule has 2 heterocycles. The Bertz CT molecular complexity index is 855. The second-order valence-corrected chi connectivity index (χ2v) is 6.92. The van der Waals surface area contributed by atoms with E-state index >= 15 is 0 Å². The predicted molar refractivity (Wildman–Crippen MR) is 99.9 cm³/mol. The molecule has 1 unspecified atom stereocenters. The van der Waals surface area contributed by atoms with Crippen molar-refractivity contribution in [1.82, 2.24) is 15.7 Å². The Kier molecular flexibility index (Phi) is 5.82. The smallest absolute Gasteiger partial charge is 0.394 e. The Morgan fingerprint density at radius 1 is 1.39 bits per heavy atom. The number of hydrogen-bond donors (Lipinski definition) is 4. The molecular weight excluding hydrogens is 420 g/mol. The van der Waals surface area contributed by atoms with Gasteiger partial charge in [-0.2, -0.15) is 13.2 Å². The van der Waals surface area contributed by atoms with E-state index in [2.05, 4.69) is 10.3 Å². The molecule has 2 aliphatic rings. The van der Waals surface area contributed by atoms with Gasteiger partial charge in [0.25, 0.3) is 5.90 Å². The number of hydrogen-bond acceptors (Lipinski definition) is 7. The van der Waals surface area contributed by atoms with Crippen molar-refractivity contribution in [2.45, 2.75) is 18.9 Å². The van der Waals surface area contributed by atoms with Gasteiger partial charge in [-0.15, -0.1) is 5.48 Å². The fourth-order valence-corrected chi connectivity index (χ4v) is 3.05. The van der Waals surface area contributed by atoms with Crippen LogP contribution in [0.4, 0.5) is 13.2 Å². The van der Waals surface area contributed by atoms with E-state index in [1.165, 1.54) is 6.08 Å². The van der Waals surface area contributed by atoms with Gasteiger partial charge in [-0.25, -0.2) is 4.99 Å². The zero-order valence-electron chi connectivity index (χ0n) is 14.4. The molecular formula is C16H17Cl2F3N6O. The van der Waals surface area contributed by atoms with Gasteiger partial charge in [0.05, 0.1) is 11.4 Å². The number of nitrogens with two attached hydrogens (primary N) is 2. The molecule has 28 heavy (non-hydrogen) atoms. The summed E-state index contributed by atoms with van der Waals surface area (Å²) in [5, 5.41) is 4.04. The van der Waals surface area contributed by atoms with Gasteiger partial charge >= 0.3 is 6.18 Å². The Labute approximate surface area is 168 Å². The first kappa shape index (κ1) is 20.4. The summed E-state index contributed by atoms with van der Waals surface area (Å²) < 4.78 is 38.1. The van der Waals surface area contributed by atoms with Gasteiger partial charge in [0.15, 0.2) is 0 Å². The van der Waals surface area contributed by atoms with Gasteiger partial charge in [-0.1, -0.05) is 23.2 Å². The van der Waals surface area contributed by atoms with Crippen LogP contribution in [0.2, 0.25) is 10.0 Å². The number of aliphatic imine (C=N–C) groups is 1. The minimum absolute atomic E-state index is 0.108. The van der Waals surface area contributed by atoms with Crippen LogP contribution in [0.5, 0.6) is 0 Å². The van der Waals surface area contributed by atoms with Crippen LogP contribution in [0.3, 0.4) is 0 Å². The highest BCUT2D eigenvalue weighted by Crippen LogP contribution is 2.26. The van der Waals surface area contributed by atoms with E-state index in [4.69, 9.17) is 39.5 Å². The lowest BCUT2D eigenvalue weighted by Crippen LogP contribution is -2.41. The molecule has 0 saturated heterocycles. The normalized spacial score (nSPS) is 20.8. The van der Waals surface area contributed by atoms with Crippen molar-refractivity contribution in [1.29, 1.82) is 0 Å². The summed E-state index contributed by atoms with van der Waals surface area (Å²) in [6.07, 6.45) is -5.37. The van der Waals surface area contributed by atoms with Crippen molar-refractivity contribution in [3.05, 3.63) is 57.1 Å². The largest absolute Gasteiger partial charge is 0.427 e. The number of nitrogens with one attached hydrogen (secondary N) is 2. The van der Waals surface area contributed by atoms with E-state index in [1.807, 2.05) is 4.90 Å². The summed E-state index contributed by atoms with van der Waals surface area (Å²) in [6, 6.07) is 5.09. The van der Waals surface area contributed by atoms with Crippen molar-refractivity contribution in [2.24, 2.45) is 16.5 Å². The molecule has 0 radical (unpaired) electrons. The predicted octanol–water partition coefficient (Wildman–Crippen LogP) is 2.19. The van der Waals surface area contributed by atoms with Crippen molar-refractivity contribution >= 4 is 29.1 Å². The summed E-state index contributed by atoms with van der Waals surface area (Å²) >= 11 is 12.3. The highest BCUT2D eigenvalue weighted by atomic mass is 35.5. The fraction of sp³-hybridized carbons (Fsp3) is 0.312. The van der Waals surface area contributed by atoms with Crippen LogP contribution in [-0.2, 0) is 11.4 Å². The number of halogens is 5. The molecule has 0 saturated carbocycles. The van der Waals surface area contributed by atoms with Crippen LogP contribution in [0.15, 0.2) is 46.5 Å². The maximum absolute atomic E-state index is 12.7. The summed E-state index contributed by atoms with van der Waals surface area (Å²) in [6.45, 7) is 1.49. The van der Waals surface area contributed by atoms with Crippen LogP contribution in [-0.4, -0.2) is 36.2 Å². The molecule has 1 aromatic rings. The van der Waals surface area contributed by atoms with Crippen LogP contribution in [0, 0.1) is 0 Å². The molecule has 0 aromatic heterocycles. The Morgan fingerprint density at radius 3 is 2.82 bits per heavy atom. The summed E-state index contributed by atoms with van der Waals surface area (Å²) in [5.41, 5.74) is 14.8. The highest BCUT2D eigenvalue weighted by molar-refractivity contribution is 6.33. The lowest BCUT2D eigenvalue weighted by Gasteiger charge is -2.32. The Balaban J connectivity index is 1.85. The van der Waals surface area contributed by atoms with E-state index in [-0.39, 0.29) is 11.6 Å². The van der Waals surface area contributed by atoms with Gasteiger partial charge in [0, 0.05) is 29.7 Å². The molecule has 6 N–H and O–H groups in total. The first-order valence-electron chi connectivity index (χ1n) is 8.12. The number of rotatable bonds is 4. The molecule has 12 heteroatoms. The molecule has 0 aliphatic carbocycles. The molecule has 0 amide bonds. The van der Waals surface area contributed by atoms with Gasteiger partial charge in [-0.3, -0.25) is 0 Å². The number of hydroxylamine groups is 1. The van der Waals surface area contributed by atoms with Gasteiger partial charge in [0.2, 0.25) is 6.17 Å². The summed E-state index contributed by atoms with van der Waals surface area (Å²) in [4.78, 5) is 10.0. The molecule has 1 aromatic carbocycles. The second kappa shape index (κ2) is 7.98. The van der Waals surface area contributed by atoms with E-state index in [9.17, 15) is 13.2 Å². The van der Waals surface area contributed by atoms with Gasteiger partial charge in [-0.05, 0) is 29.8 Å². The van der Waals surface area contributed by atoms with E-state index in [1.54, 1.807) is 23.7 Å². The molecule has 0 bridgehead atoms. The third-order valence-corrected chi connectivity index (χ3v) is 4.65. The van der Waals surface area contributed by atoms with Crippen LogP contribution in [0.1, 0.15) is 5.56 Å². The third kappa shape index (κ3) is 4.57. The van der Waals surface area contributed by atoms with Crippen LogP contribution >= 0.6 is 23.2 Å². The second-order valence-electron chi connectivity index (χ2n) is 6.08. The Hall–Kier alpha value is -2.30. The first-order chi connectivity index (χ1) is 13.1. The molecule has 0 spiro atoms. The van der Waals surface area contributed by atoms with E-state index < -0.39 is 12.3 Å². The maximum atomic E-state index is 12.7. The fourth-order valence-electron chi connectivity index (χ4n) is 2.67. The van der Waals surface area contributed by atoms with E-state index in [0.717, 1.165) is 5.56 Å². The number of allylic oxidation sites excluding steroid dienone is 1. The lowest BCUT2D eigenvalue weighted by atomic mass is 10.1. The first-order valence-corrected chi connectivity index (χ1v) is 8.87. The minimum Gasteiger partial charge on any atom is -0.394 e. The van der Waals surface area contributed by atoms with Crippen molar-refractivity contribution < 1.29 is 18.0 Å². The average Bonchev–Trinajstić information content (AvgIpc) is 3.11. The van der Waals surface area contributed by atoms with Crippen molar-refractivity contribution in [2.75, 3.05) is 13.1 Å². The number of benzene rings is 1. The Morgan fingerprint density at radius 2 is 2.14 bits per heavy atom. The zero-order valence-corrected chi connectivity index (χ0v) is 15.9. The molecule has 152 valence electrons. The average molecular weight is 437 g/mol. The van der Waals surface area contributed by atoms with Crippen LogP contribution < -0.4 is 22.3 Å². The molecule has 1 atom stereocenters. The third-order valence-electron chi connectivity index (χ3n) is 4.05. The van der Waals surface area contributed by atoms with E-state index in [0.29, 0.717) is 41.2 Å². The number of alkyl halides is 3. The van der Waals surface area contributed by atoms with Gasteiger partial charge < -0.3 is 26.5 Å². The molecule has 7 nitrogen and oxygen atoms in total. The lowest BCUT2D eigenvalue weighted by molar-refractivity contribution is -0.164. The maximum Gasteiger partial charge on any atom is 0.427 e. The molecule has 2 aliphatic heterocycles.